The van der Waals surface area contributed by atoms with Crippen LogP contribution in [0.2, 0.25) is 0 Å². The maximum absolute atomic E-state index is 12.4. The Balaban J connectivity index is 3.03. The van der Waals surface area contributed by atoms with Crippen molar-refractivity contribution in [3.63, 3.8) is 0 Å². The third kappa shape index (κ3) is 4.77. The van der Waals surface area contributed by atoms with Gasteiger partial charge < -0.3 is 14.8 Å². The van der Waals surface area contributed by atoms with Gasteiger partial charge in [-0.2, -0.15) is 8.78 Å². The standard InChI is InChI=1S/C14H19F2NO3/c1-14(2,3)20-12(18)11(17-4)9-7-5-6-8-10(9)19-13(15)16/h5-8,11,13,17H,1-4H3. The molecule has 1 aromatic rings. The van der Waals surface area contributed by atoms with Gasteiger partial charge in [-0.05, 0) is 33.9 Å². The van der Waals surface area contributed by atoms with Crippen molar-refractivity contribution in [2.75, 3.05) is 7.05 Å². The molecule has 1 N–H and O–H groups in total. The second kappa shape index (κ2) is 6.65. The summed E-state index contributed by atoms with van der Waals surface area (Å²) >= 11 is 0. The SMILES string of the molecule is CNC(C(=O)OC(C)(C)C)c1ccccc1OC(F)F. The fourth-order valence-electron chi connectivity index (χ4n) is 1.68. The number of hydrogen-bond donors (Lipinski definition) is 1. The Kier molecular flexibility index (Phi) is 5.44. The summed E-state index contributed by atoms with van der Waals surface area (Å²) in [6.45, 7) is 2.25. The summed E-state index contributed by atoms with van der Waals surface area (Å²) in [5.41, 5.74) is -0.352. The van der Waals surface area contributed by atoms with Crippen molar-refractivity contribution in [3.8, 4) is 5.75 Å². The molecule has 0 aliphatic heterocycles. The molecule has 1 rings (SSSR count). The molecule has 6 heteroatoms. The Morgan fingerprint density at radius 2 is 1.85 bits per heavy atom. The van der Waals surface area contributed by atoms with Crippen LogP contribution < -0.4 is 10.1 Å². The number of likely N-dealkylation sites (N-methyl/N-ethyl adjacent to an activating group) is 1. The first kappa shape index (κ1) is 16.4. The molecule has 0 fully saturated rings. The van der Waals surface area contributed by atoms with Crippen molar-refractivity contribution in [2.24, 2.45) is 0 Å². The Bertz CT molecular complexity index is 458. The van der Waals surface area contributed by atoms with Crippen LogP contribution in [0.5, 0.6) is 5.75 Å². The van der Waals surface area contributed by atoms with Crippen molar-refractivity contribution >= 4 is 5.97 Å². The molecule has 112 valence electrons. The molecular formula is C14H19F2NO3. The van der Waals surface area contributed by atoms with Gasteiger partial charge in [0.1, 0.15) is 17.4 Å². The number of halogens is 2. The number of rotatable bonds is 5. The molecule has 0 spiro atoms. The topological polar surface area (TPSA) is 47.6 Å². The minimum atomic E-state index is -2.95. The molecule has 0 aliphatic rings. The number of alkyl halides is 2. The van der Waals surface area contributed by atoms with Crippen LogP contribution in [0.3, 0.4) is 0 Å². The van der Waals surface area contributed by atoms with Crippen molar-refractivity contribution in [1.29, 1.82) is 0 Å². The highest BCUT2D eigenvalue weighted by molar-refractivity contribution is 5.79. The molecular weight excluding hydrogens is 268 g/mol. The van der Waals surface area contributed by atoms with Gasteiger partial charge in [-0.15, -0.1) is 0 Å². The van der Waals surface area contributed by atoms with Gasteiger partial charge in [-0.3, -0.25) is 0 Å². The Labute approximate surface area is 117 Å². The van der Waals surface area contributed by atoms with Crippen LogP contribution in [0.4, 0.5) is 8.78 Å². The van der Waals surface area contributed by atoms with E-state index in [9.17, 15) is 13.6 Å². The predicted octanol–water partition coefficient (Wildman–Crippen LogP) is 2.89. The van der Waals surface area contributed by atoms with Crippen molar-refractivity contribution in [2.45, 2.75) is 39.0 Å². The minimum Gasteiger partial charge on any atom is -0.459 e. The smallest absolute Gasteiger partial charge is 0.387 e. The molecule has 4 nitrogen and oxygen atoms in total. The molecule has 0 aromatic heterocycles. The summed E-state index contributed by atoms with van der Waals surface area (Å²) < 4.78 is 34.5. The van der Waals surface area contributed by atoms with Crippen LogP contribution in [-0.4, -0.2) is 25.2 Å². The summed E-state index contributed by atoms with van der Waals surface area (Å²) in [4.78, 5) is 12.1. The highest BCUT2D eigenvalue weighted by atomic mass is 19.3. The van der Waals surface area contributed by atoms with E-state index in [1.54, 1.807) is 46.0 Å². The zero-order valence-corrected chi connectivity index (χ0v) is 11.9. The molecule has 1 atom stereocenters. The van der Waals surface area contributed by atoms with Gasteiger partial charge in [0.25, 0.3) is 0 Å². The summed E-state index contributed by atoms with van der Waals surface area (Å²) in [6, 6.07) is 5.26. The zero-order valence-electron chi connectivity index (χ0n) is 11.9. The number of nitrogens with one attached hydrogen (secondary N) is 1. The maximum atomic E-state index is 12.4. The zero-order chi connectivity index (χ0) is 15.3. The first-order valence-electron chi connectivity index (χ1n) is 6.18. The van der Waals surface area contributed by atoms with E-state index in [0.29, 0.717) is 5.56 Å². The molecule has 0 amide bonds. The van der Waals surface area contributed by atoms with Crippen LogP contribution in [0.15, 0.2) is 24.3 Å². The highest BCUT2D eigenvalue weighted by Crippen LogP contribution is 2.28. The number of hydrogen-bond acceptors (Lipinski definition) is 4. The first-order valence-corrected chi connectivity index (χ1v) is 6.18. The number of benzene rings is 1. The minimum absolute atomic E-state index is 0.0484. The van der Waals surface area contributed by atoms with E-state index in [1.165, 1.54) is 6.07 Å². The van der Waals surface area contributed by atoms with E-state index in [4.69, 9.17) is 4.74 Å². The summed E-state index contributed by atoms with van der Waals surface area (Å²) in [6.07, 6.45) is 0. The molecule has 1 unspecified atom stereocenters. The number of carbonyl (C=O) groups excluding carboxylic acids is 1. The van der Waals surface area contributed by atoms with Crippen molar-refractivity contribution in [1.82, 2.24) is 5.32 Å². The van der Waals surface area contributed by atoms with Gasteiger partial charge in [0, 0.05) is 5.56 Å². The van der Waals surface area contributed by atoms with Gasteiger partial charge in [-0.1, -0.05) is 18.2 Å². The molecule has 0 saturated heterocycles. The van der Waals surface area contributed by atoms with E-state index < -0.39 is 24.2 Å². The van der Waals surface area contributed by atoms with E-state index in [0.717, 1.165) is 0 Å². The molecule has 20 heavy (non-hydrogen) atoms. The van der Waals surface area contributed by atoms with Crippen molar-refractivity contribution < 1.29 is 23.0 Å². The number of carbonyl (C=O) groups is 1. The average molecular weight is 287 g/mol. The molecule has 0 aliphatic carbocycles. The maximum Gasteiger partial charge on any atom is 0.387 e. The first-order chi connectivity index (χ1) is 9.24. The Hall–Kier alpha value is -1.69. The Morgan fingerprint density at radius 3 is 2.35 bits per heavy atom. The summed E-state index contributed by atoms with van der Waals surface area (Å²) in [5, 5.41) is 2.75. The third-order valence-corrected chi connectivity index (χ3v) is 2.38. The number of para-hydroxylation sites is 1. The number of esters is 1. The quantitative estimate of drug-likeness (QED) is 0.846. The summed E-state index contributed by atoms with van der Waals surface area (Å²) in [7, 11) is 1.55. The van der Waals surface area contributed by atoms with Gasteiger partial charge in [0.05, 0.1) is 0 Å². The van der Waals surface area contributed by atoms with Gasteiger partial charge in [0.15, 0.2) is 0 Å². The third-order valence-electron chi connectivity index (χ3n) is 2.38. The lowest BCUT2D eigenvalue weighted by Gasteiger charge is -2.24. The molecule has 0 heterocycles. The molecule has 0 bridgehead atoms. The van der Waals surface area contributed by atoms with Crippen LogP contribution >= 0.6 is 0 Å². The van der Waals surface area contributed by atoms with Crippen molar-refractivity contribution in [3.05, 3.63) is 29.8 Å². The number of ether oxygens (including phenoxy) is 2. The predicted molar refractivity (Wildman–Crippen MR) is 70.7 cm³/mol. The van der Waals surface area contributed by atoms with Crippen LogP contribution in [0.1, 0.15) is 32.4 Å². The molecule has 0 saturated carbocycles. The van der Waals surface area contributed by atoms with E-state index in [-0.39, 0.29) is 5.75 Å². The van der Waals surface area contributed by atoms with E-state index in [2.05, 4.69) is 10.1 Å². The lowest BCUT2D eigenvalue weighted by Crippen LogP contribution is -2.33. The second-order valence-corrected chi connectivity index (χ2v) is 5.17. The highest BCUT2D eigenvalue weighted by Gasteiger charge is 2.28. The lowest BCUT2D eigenvalue weighted by molar-refractivity contribution is -0.157. The van der Waals surface area contributed by atoms with Crippen LogP contribution in [0.25, 0.3) is 0 Å². The molecule has 0 radical (unpaired) electrons. The van der Waals surface area contributed by atoms with E-state index in [1.807, 2.05) is 0 Å². The fourth-order valence-corrected chi connectivity index (χ4v) is 1.68. The normalized spacial score (nSPS) is 13.2. The van der Waals surface area contributed by atoms with Gasteiger partial charge >= 0.3 is 12.6 Å². The average Bonchev–Trinajstić information content (AvgIpc) is 2.29. The Morgan fingerprint density at radius 1 is 1.25 bits per heavy atom. The summed E-state index contributed by atoms with van der Waals surface area (Å²) in [5.74, 6) is -0.599. The molecule has 1 aromatic carbocycles. The van der Waals surface area contributed by atoms with Gasteiger partial charge in [-0.25, -0.2) is 4.79 Å². The van der Waals surface area contributed by atoms with E-state index >= 15 is 0 Å². The second-order valence-electron chi connectivity index (χ2n) is 5.17. The largest absolute Gasteiger partial charge is 0.459 e. The monoisotopic (exact) mass is 287 g/mol. The fraction of sp³-hybridized carbons (Fsp3) is 0.500. The lowest BCUT2D eigenvalue weighted by atomic mass is 10.1. The van der Waals surface area contributed by atoms with Crippen LogP contribution in [-0.2, 0) is 9.53 Å². The van der Waals surface area contributed by atoms with Crippen LogP contribution in [0, 0.1) is 0 Å². The van der Waals surface area contributed by atoms with Gasteiger partial charge in [0.2, 0.25) is 0 Å².